The van der Waals surface area contributed by atoms with Gasteiger partial charge in [0, 0.05) is 33.3 Å². The molecule has 0 saturated carbocycles. The van der Waals surface area contributed by atoms with Crippen LogP contribution in [0, 0.1) is 0 Å². The lowest BCUT2D eigenvalue weighted by Crippen LogP contribution is -2.39. The molecule has 1 aromatic rings. The number of hydrazine groups is 2. The first-order valence-corrected chi connectivity index (χ1v) is 5.53. The largest absolute Gasteiger partial charge is 0.314 e. The number of nitrogens with zero attached hydrogens (tertiary/aromatic N) is 3. The van der Waals surface area contributed by atoms with Crippen molar-refractivity contribution in [2.24, 2.45) is 7.05 Å². The van der Waals surface area contributed by atoms with Gasteiger partial charge in [-0.3, -0.25) is 15.6 Å². The third kappa shape index (κ3) is 4.31. The fourth-order valence-corrected chi connectivity index (χ4v) is 1.49. The Morgan fingerprint density at radius 2 is 2.29 bits per heavy atom. The summed E-state index contributed by atoms with van der Waals surface area (Å²) in [6.45, 7) is 1.45. The van der Waals surface area contributed by atoms with Gasteiger partial charge >= 0.3 is 0 Å². The van der Waals surface area contributed by atoms with E-state index in [9.17, 15) is 4.79 Å². The molecule has 0 unspecified atom stereocenters. The van der Waals surface area contributed by atoms with Gasteiger partial charge in [-0.05, 0) is 7.05 Å². The van der Waals surface area contributed by atoms with E-state index in [1.165, 1.54) is 10.7 Å². The summed E-state index contributed by atoms with van der Waals surface area (Å²) in [4.78, 5) is 11.7. The molecule has 0 aliphatic carbocycles. The van der Waals surface area contributed by atoms with Crippen LogP contribution in [0.4, 0.5) is 5.69 Å². The van der Waals surface area contributed by atoms with E-state index in [2.05, 4.69) is 21.4 Å². The third-order valence-electron chi connectivity index (χ3n) is 2.09. The summed E-state index contributed by atoms with van der Waals surface area (Å²) in [5, 5.41) is 5.87. The SMILES string of the molecule is CNNCCN(C)Nc1cc(Cl)nn(C)c1=O. The van der Waals surface area contributed by atoms with Gasteiger partial charge in [0.15, 0.2) is 5.15 Å². The second kappa shape index (κ2) is 6.55. The van der Waals surface area contributed by atoms with Crippen LogP contribution in [0.1, 0.15) is 0 Å². The van der Waals surface area contributed by atoms with Crippen molar-refractivity contribution in [1.82, 2.24) is 25.6 Å². The molecule has 7 nitrogen and oxygen atoms in total. The van der Waals surface area contributed by atoms with E-state index < -0.39 is 0 Å². The Kier molecular flexibility index (Phi) is 5.36. The molecule has 96 valence electrons. The first-order valence-electron chi connectivity index (χ1n) is 5.16. The molecule has 0 bridgehead atoms. The maximum Gasteiger partial charge on any atom is 0.291 e. The van der Waals surface area contributed by atoms with Crippen LogP contribution in [0.3, 0.4) is 0 Å². The van der Waals surface area contributed by atoms with Crippen LogP contribution < -0.4 is 21.8 Å². The van der Waals surface area contributed by atoms with Crippen molar-refractivity contribution in [1.29, 1.82) is 0 Å². The molecule has 1 aromatic heterocycles. The van der Waals surface area contributed by atoms with Crippen LogP contribution in [-0.4, -0.2) is 42.0 Å². The lowest BCUT2D eigenvalue weighted by atomic mass is 10.5. The van der Waals surface area contributed by atoms with Crippen molar-refractivity contribution in [2.75, 3.05) is 32.6 Å². The molecule has 0 aliphatic heterocycles. The summed E-state index contributed by atoms with van der Waals surface area (Å²) in [5.74, 6) is 0. The molecule has 0 aromatic carbocycles. The van der Waals surface area contributed by atoms with Gasteiger partial charge in [-0.25, -0.2) is 9.69 Å². The van der Waals surface area contributed by atoms with Crippen molar-refractivity contribution in [3.63, 3.8) is 0 Å². The van der Waals surface area contributed by atoms with Crippen molar-refractivity contribution >= 4 is 17.3 Å². The number of rotatable bonds is 6. The van der Waals surface area contributed by atoms with E-state index in [0.29, 0.717) is 12.2 Å². The summed E-state index contributed by atoms with van der Waals surface area (Å²) in [5.41, 5.74) is 8.91. The normalized spacial score (nSPS) is 10.9. The van der Waals surface area contributed by atoms with Gasteiger partial charge in [-0.2, -0.15) is 5.10 Å². The van der Waals surface area contributed by atoms with Gasteiger partial charge in [0.05, 0.1) is 0 Å². The molecule has 0 spiro atoms. The fourth-order valence-electron chi connectivity index (χ4n) is 1.26. The number of aromatic nitrogens is 2. The van der Waals surface area contributed by atoms with Gasteiger partial charge in [-0.15, -0.1) is 0 Å². The summed E-state index contributed by atoms with van der Waals surface area (Å²) in [6.07, 6.45) is 0. The van der Waals surface area contributed by atoms with Crippen LogP contribution in [0.5, 0.6) is 0 Å². The van der Waals surface area contributed by atoms with Crippen LogP contribution in [0.15, 0.2) is 10.9 Å². The minimum atomic E-state index is -0.220. The fraction of sp³-hybridized carbons (Fsp3) is 0.556. The Bertz CT molecular complexity index is 420. The smallest absolute Gasteiger partial charge is 0.291 e. The van der Waals surface area contributed by atoms with Crippen molar-refractivity contribution in [2.45, 2.75) is 0 Å². The predicted molar refractivity (Wildman–Crippen MR) is 67.8 cm³/mol. The zero-order valence-electron chi connectivity index (χ0n) is 10.1. The van der Waals surface area contributed by atoms with Crippen LogP contribution in [0.25, 0.3) is 0 Å². The monoisotopic (exact) mass is 260 g/mol. The number of hydrogen-bond acceptors (Lipinski definition) is 6. The highest BCUT2D eigenvalue weighted by molar-refractivity contribution is 6.29. The van der Waals surface area contributed by atoms with Crippen LogP contribution in [0.2, 0.25) is 5.15 Å². The molecule has 0 amide bonds. The maximum atomic E-state index is 11.7. The Morgan fingerprint density at radius 3 is 2.94 bits per heavy atom. The van der Waals surface area contributed by atoms with E-state index in [1.54, 1.807) is 19.1 Å². The molecule has 17 heavy (non-hydrogen) atoms. The average Bonchev–Trinajstić information content (AvgIpc) is 2.25. The zero-order valence-corrected chi connectivity index (χ0v) is 10.9. The van der Waals surface area contributed by atoms with Crippen molar-refractivity contribution in [3.05, 3.63) is 21.6 Å². The van der Waals surface area contributed by atoms with E-state index in [4.69, 9.17) is 11.6 Å². The quantitative estimate of drug-likeness (QED) is 0.469. The summed E-state index contributed by atoms with van der Waals surface area (Å²) >= 11 is 5.78. The predicted octanol–water partition coefficient (Wildman–Crippen LogP) is -0.584. The minimum Gasteiger partial charge on any atom is -0.314 e. The first kappa shape index (κ1) is 13.9. The zero-order chi connectivity index (χ0) is 12.8. The maximum absolute atomic E-state index is 11.7. The van der Waals surface area contributed by atoms with Crippen LogP contribution in [-0.2, 0) is 7.05 Å². The summed E-state index contributed by atoms with van der Waals surface area (Å²) < 4.78 is 1.20. The Hall–Kier alpha value is -1.15. The molecular formula is C9H17ClN6O. The highest BCUT2D eigenvalue weighted by atomic mass is 35.5. The molecule has 1 rings (SSSR count). The van der Waals surface area contributed by atoms with E-state index in [-0.39, 0.29) is 10.7 Å². The summed E-state index contributed by atoms with van der Waals surface area (Å²) in [7, 11) is 5.19. The average molecular weight is 261 g/mol. The molecular weight excluding hydrogens is 244 g/mol. The van der Waals surface area contributed by atoms with Gasteiger partial charge in [-0.1, -0.05) is 11.6 Å². The topological polar surface area (TPSA) is 74.2 Å². The third-order valence-corrected chi connectivity index (χ3v) is 2.28. The molecule has 0 fully saturated rings. The number of likely N-dealkylation sites (N-methyl/N-ethyl adjacent to an activating group) is 1. The standard InChI is InChI=1S/C9H17ClN6O/c1-11-12-4-5-15(2)13-7-6-8(10)14-16(3)9(7)17/h6,11-13H,4-5H2,1-3H3. The van der Waals surface area contributed by atoms with E-state index in [0.717, 1.165) is 6.54 Å². The number of aryl methyl sites for hydroxylation is 1. The van der Waals surface area contributed by atoms with Gasteiger partial charge < -0.3 is 5.43 Å². The Morgan fingerprint density at radius 1 is 1.59 bits per heavy atom. The highest BCUT2D eigenvalue weighted by Gasteiger charge is 2.06. The lowest BCUT2D eigenvalue weighted by Gasteiger charge is -2.19. The van der Waals surface area contributed by atoms with Gasteiger partial charge in [0.1, 0.15) is 5.69 Å². The minimum absolute atomic E-state index is 0.220. The number of anilines is 1. The van der Waals surface area contributed by atoms with E-state index in [1.807, 2.05) is 7.05 Å². The highest BCUT2D eigenvalue weighted by Crippen LogP contribution is 2.07. The number of nitrogens with one attached hydrogen (secondary N) is 3. The van der Waals surface area contributed by atoms with Gasteiger partial charge in [0.2, 0.25) is 0 Å². The molecule has 0 atom stereocenters. The molecule has 0 aliphatic rings. The van der Waals surface area contributed by atoms with Crippen molar-refractivity contribution < 1.29 is 0 Å². The van der Waals surface area contributed by atoms with Crippen LogP contribution >= 0.6 is 11.6 Å². The molecule has 3 N–H and O–H groups in total. The number of hydrogen-bond donors (Lipinski definition) is 3. The molecule has 0 saturated heterocycles. The van der Waals surface area contributed by atoms with E-state index >= 15 is 0 Å². The number of halogens is 1. The molecule has 8 heteroatoms. The Balaban J connectivity index is 2.65. The van der Waals surface area contributed by atoms with Gasteiger partial charge in [0.25, 0.3) is 5.56 Å². The second-order valence-corrected chi connectivity index (χ2v) is 3.91. The molecule has 0 radical (unpaired) electrons. The second-order valence-electron chi connectivity index (χ2n) is 3.52. The molecule has 1 heterocycles. The lowest BCUT2D eigenvalue weighted by molar-refractivity contribution is 0.383. The van der Waals surface area contributed by atoms with Crippen molar-refractivity contribution in [3.8, 4) is 0 Å². The first-order chi connectivity index (χ1) is 8.04. The summed E-state index contributed by atoms with van der Waals surface area (Å²) in [6, 6.07) is 1.51. The Labute approximate surface area is 105 Å².